The van der Waals surface area contributed by atoms with Gasteiger partial charge in [0.25, 0.3) is 0 Å². The third-order valence-corrected chi connectivity index (χ3v) is 11.4. The van der Waals surface area contributed by atoms with Crippen LogP contribution in [0.3, 0.4) is 0 Å². The predicted octanol–water partition coefficient (Wildman–Crippen LogP) is 6.87. The normalized spacial score (nSPS) is 30.5. The molecule has 1 heterocycles. The van der Waals surface area contributed by atoms with E-state index in [-0.39, 0.29) is 11.3 Å². The number of benzene rings is 1. The predicted molar refractivity (Wildman–Crippen MR) is 156 cm³/mol. The fourth-order valence-corrected chi connectivity index (χ4v) is 9.82. The third kappa shape index (κ3) is 4.62. The van der Waals surface area contributed by atoms with Gasteiger partial charge in [0, 0.05) is 22.9 Å². The summed E-state index contributed by atoms with van der Waals surface area (Å²) in [5.41, 5.74) is 3.96. The van der Waals surface area contributed by atoms with E-state index in [4.69, 9.17) is 4.84 Å². The van der Waals surface area contributed by atoms with Crippen LogP contribution in [0.1, 0.15) is 67.4 Å². The van der Waals surface area contributed by atoms with Gasteiger partial charge in [0.15, 0.2) is 5.13 Å². The molecule has 0 radical (unpaired) electrons. The van der Waals surface area contributed by atoms with Crippen LogP contribution in [-0.4, -0.2) is 28.8 Å². The standard InChI is InChI=1S/C26H31I2N3O3S/c1-13-12-29-25(35-13)30-21(32)7-4-14-10-20(31-34-3)26(2)9-8-15-16(22(14)26)5-6-17-18(15)11-19(27)24(33)23(17)28/h11-12,14-16,22,33H,4-10H2,1-3H3,(H,29,30,32)/t14-,15?,16?,22?,26-/m1/s1. The average molecular weight is 719 g/mol. The summed E-state index contributed by atoms with van der Waals surface area (Å²) < 4.78 is 1.97. The van der Waals surface area contributed by atoms with E-state index in [9.17, 15) is 9.90 Å². The number of aromatic nitrogens is 1. The monoisotopic (exact) mass is 719 g/mol. The number of phenolic OH excluding ortho intramolecular Hbond substituents is 1. The summed E-state index contributed by atoms with van der Waals surface area (Å²) >= 11 is 6.10. The summed E-state index contributed by atoms with van der Waals surface area (Å²) in [5, 5.41) is 18.7. The van der Waals surface area contributed by atoms with Gasteiger partial charge in [-0.05, 0) is 131 Å². The number of phenols is 1. The fourth-order valence-electron chi connectivity index (χ4n) is 7.15. The van der Waals surface area contributed by atoms with Crippen molar-refractivity contribution < 1.29 is 14.7 Å². The molecule has 188 valence electrons. The van der Waals surface area contributed by atoms with Gasteiger partial charge in [-0.1, -0.05) is 12.1 Å². The van der Waals surface area contributed by atoms with E-state index in [1.54, 1.807) is 13.3 Å². The first-order valence-electron chi connectivity index (χ1n) is 12.3. The van der Waals surface area contributed by atoms with Crippen molar-refractivity contribution in [3.63, 3.8) is 0 Å². The van der Waals surface area contributed by atoms with Gasteiger partial charge in [0.05, 0.1) is 12.9 Å². The molecule has 5 rings (SSSR count). The Morgan fingerprint density at radius 3 is 2.91 bits per heavy atom. The molecular weight excluding hydrogens is 688 g/mol. The molecule has 0 bridgehead atoms. The molecule has 35 heavy (non-hydrogen) atoms. The van der Waals surface area contributed by atoms with Crippen LogP contribution in [0.25, 0.3) is 0 Å². The number of rotatable bonds is 5. The Bertz CT molecular complexity index is 1180. The SMILES string of the molecule is CON=C1C[C@@H](CCC(=O)Nc2ncc(C)s2)C2C3CCc4c(cc(I)c(O)c4I)C3CC[C@]12C. The number of aryl methyl sites for hydroxylation is 1. The number of nitrogens with zero attached hydrogens (tertiary/aromatic N) is 2. The molecule has 2 fully saturated rings. The van der Waals surface area contributed by atoms with E-state index in [1.165, 1.54) is 28.2 Å². The zero-order chi connectivity index (χ0) is 24.9. The molecule has 0 spiro atoms. The quantitative estimate of drug-likeness (QED) is 0.261. The summed E-state index contributed by atoms with van der Waals surface area (Å²) in [6.45, 7) is 4.37. The molecule has 5 atom stereocenters. The summed E-state index contributed by atoms with van der Waals surface area (Å²) in [6.07, 6.45) is 8.36. The highest BCUT2D eigenvalue weighted by Gasteiger charge is 2.57. The van der Waals surface area contributed by atoms with E-state index in [0.717, 1.165) is 50.5 Å². The number of amides is 1. The molecule has 2 saturated carbocycles. The van der Waals surface area contributed by atoms with Gasteiger partial charge < -0.3 is 15.3 Å². The zero-order valence-corrected chi connectivity index (χ0v) is 25.4. The van der Waals surface area contributed by atoms with Crippen molar-refractivity contribution >= 4 is 73.3 Å². The number of fused-ring (bicyclic) bond motifs is 5. The Labute approximate surface area is 238 Å². The maximum Gasteiger partial charge on any atom is 0.226 e. The van der Waals surface area contributed by atoms with Crippen LogP contribution in [-0.2, 0) is 16.1 Å². The third-order valence-electron chi connectivity index (χ3n) is 8.58. The maximum atomic E-state index is 12.8. The molecule has 6 nitrogen and oxygen atoms in total. The van der Waals surface area contributed by atoms with Crippen LogP contribution in [0.5, 0.6) is 5.75 Å². The van der Waals surface area contributed by atoms with Gasteiger partial charge in [-0.15, -0.1) is 11.3 Å². The minimum atomic E-state index is 0.0134. The maximum absolute atomic E-state index is 12.8. The Hall–Kier alpha value is -0.950. The number of nitrogens with one attached hydrogen (secondary N) is 1. The lowest BCUT2D eigenvalue weighted by Gasteiger charge is -2.50. The van der Waals surface area contributed by atoms with Crippen molar-refractivity contribution in [2.75, 3.05) is 12.4 Å². The van der Waals surface area contributed by atoms with Crippen molar-refractivity contribution in [3.8, 4) is 5.75 Å². The van der Waals surface area contributed by atoms with Gasteiger partial charge in [0.2, 0.25) is 5.91 Å². The molecule has 1 aromatic heterocycles. The molecular formula is C26H31I2N3O3S. The molecule has 3 unspecified atom stereocenters. The van der Waals surface area contributed by atoms with Crippen LogP contribution in [0.2, 0.25) is 0 Å². The number of anilines is 1. The second-order valence-electron chi connectivity index (χ2n) is 10.4. The first-order valence-corrected chi connectivity index (χ1v) is 15.2. The number of thiazole rings is 1. The average Bonchev–Trinajstić information content (AvgIpc) is 3.36. The molecule has 3 aliphatic rings. The Morgan fingerprint density at radius 2 is 2.20 bits per heavy atom. The first kappa shape index (κ1) is 25.7. The smallest absolute Gasteiger partial charge is 0.226 e. The number of hydrogen-bond acceptors (Lipinski definition) is 6. The van der Waals surface area contributed by atoms with Gasteiger partial charge >= 0.3 is 0 Å². The molecule has 0 saturated heterocycles. The number of oxime groups is 1. The highest BCUT2D eigenvalue weighted by atomic mass is 127. The molecule has 2 aromatic rings. The second-order valence-corrected chi connectivity index (χ2v) is 13.9. The van der Waals surface area contributed by atoms with Crippen LogP contribution in [0.15, 0.2) is 17.4 Å². The first-order chi connectivity index (χ1) is 16.7. The highest BCUT2D eigenvalue weighted by Crippen LogP contribution is 2.63. The summed E-state index contributed by atoms with van der Waals surface area (Å²) in [5.74, 6) is 2.40. The zero-order valence-electron chi connectivity index (χ0n) is 20.2. The molecule has 0 aliphatic heterocycles. The van der Waals surface area contributed by atoms with Crippen molar-refractivity contribution in [1.82, 2.24) is 4.98 Å². The lowest BCUT2D eigenvalue weighted by molar-refractivity contribution is -0.116. The largest absolute Gasteiger partial charge is 0.506 e. The van der Waals surface area contributed by atoms with E-state index < -0.39 is 0 Å². The van der Waals surface area contributed by atoms with Gasteiger partial charge in [0.1, 0.15) is 12.9 Å². The highest BCUT2D eigenvalue weighted by molar-refractivity contribution is 14.1. The van der Waals surface area contributed by atoms with E-state index >= 15 is 0 Å². The van der Waals surface area contributed by atoms with E-state index in [0.29, 0.717) is 41.0 Å². The minimum Gasteiger partial charge on any atom is -0.506 e. The summed E-state index contributed by atoms with van der Waals surface area (Å²) in [7, 11) is 1.64. The molecule has 3 aliphatic carbocycles. The number of hydrogen-bond donors (Lipinski definition) is 2. The fraction of sp³-hybridized carbons (Fsp3) is 0.577. The molecule has 1 amide bonds. The Balaban J connectivity index is 1.41. The van der Waals surface area contributed by atoms with Crippen LogP contribution < -0.4 is 5.32 Å². The minimum absolute atomic E-state index is 0.0134. The number of aromatic hydroxyl groups is 1. The van der Waals surface area contributed by atoms with Crippen LogP contribution >= 0.6 is 56.5 Å². The second kappa shape index (κ2) is 10.1. The van der Waals surface area contributed by atoms with Gasteiger partial charge in [-0.25, -0.2) is 4.98 Å². The molecule has 9 heteroatoms. The number of carbonyl (C=O) groups is 1. The lowest BCUT2D eigenvalue weighted by atomic mass is 9.54. The summed E-state index contributed by atoms with van der Waals surface area (Å²) in [4.78, 5) is 23.4. The van der Waals surface area contributed by atoms with Crippen molar-refractivity contribution in [3.05, 3.63) is 35.4 Å². The molecule has 2 N–H and O–H groups in total. The van der Waals surface area contributed by atoms with Crippen LogP contribution in [0.4, 0.5) is 5.13 Å². The van der Waals surface area contributed by atoms with Crippen LogP contribution in [0, 0.1) is 37.2 Å². The van der Waals surface area contributed by atoms with E-state index in [1.807, 2.05) is 6.92 Å². The van der Waals surface area contributed by atoms with Crippen molar-refractivity contribution in [2.45, 2.75) is 64.7 Å². The Kier molecular flexibility index (Phi) is 7.39. The number of halogens is 2. The lowest BCUT2D eigenvalue weighted by Crippen LogP contribution is -2.44. The Morgan fingerprint density at radius 1 is 1.40 bits per heavy atom. The van der Waals surface area contributed by atoms with E-state index in [2.05, 4.69) is 73.6 Å². The van der Waals surface area contributed by atoms with Crippen molar-refractivity contribution in [2.24, 2.45) is 28.3 Å². The van der Waals surface area contributed by atoms with Gasteiger partial charge in [-0.3, -0.25) is 4.79 Å². The van der Waals surface area contributed by atoms with Crippen molar-refractivity contribution in [1.29, 1.82) is 0 Å². The number of carbonyl (C=O) groups excluding carboxylic acids is 1. The summed E-state index contributed by atoms with van der Waals surface area (Å²) in [6, 6.07) is 2.23. The molecule has 1 aromatic carbocycles. The topological polar surface area (TPSA) is 83.8 Å². The van der Waals surface area contributed by atoms with Gasteiger partial charge in [-0.2, -0.15) is 0 Å².